The van der Waals surface area contributed by atoms with Gasteiger partial charge in [0.2, 0.25) is 0 Å². The summed E-state index contributed by atoms with van der Waals surface area (Å²) in [6.45, 7) is 4.22. The highest BCUT2D eigenvalue weighted by molar-refractivity contribution is 7.87. The van der Waals surface area contributed by atoms with Crippen LogP contribution in [0.5, 0.6) is 0 Å². The Morgan fingerprint density at radius 1 is 1.46 bits per heavy atom. The molecule has 0 aliphatic heterocycles. The number of aliphatic hydroxyl groups excluding tert-OH is 1. The van der Waals surface area contributed by atoms with Gasteiger partial charge in [-0.25, -0.2) is 4.72 Å². The molecule has 0 bridgehead atoms. The van der Waals surface area contributed by atoms with Crippen LogP contribution in [0.25, 0.3) is 0 Å². The van der Waals surface area contributed by atoms with Crippen LogP contribution in [0.4, 0.5) is 0 Å². The summed E-state index contributed by atoms with van der Waals surface area (Å²) < 4.78 is 26.2. The van der Waals surface area contributed by atoms with Gasteiger partial charge >= 0.3 is 0 Å². The predicted octanol–water partition coefficient (Wildman–Crippen LogP) is -0.599. The fraction of sp³-hybridized carbons (Fsp3) is 1.00. The summed E-state index contributed by atoms with van der Waals surface area (Å²) in [4.78, 5) is 0. The maximum Gasteiger partial charge on any atom is 0.279 e. The normalized spacial score (nSPS) is 12.8. The van der Waals surface area contributed by atoms with Gasteiger partial charge in [0, 0.05) is 20.1 Å². The molecule has 0 amide bonds. The molecule has 80 valence electrons. The molecule has 0 saturated heterocycles. The quantitative estimate of drug-likeness (QED) is 0.615. The van der Waals surface area contributed by atoms with Crippen LogP contribution in [-0.2, 0) is 10.2 Å². The second-order valence-corrected chi connectivity index (χ2v) is 5.15. The van der Waals surface area contributed by atoms with Crippen molar-refractivity contribution in [2.75, 3.05) is 26.7 Å². The van der Waals surface area contributed by atoms with Crippen molar-refractivity contribution in [1.82, 2.24) is 9.03 Å². The molecule has 0 heterocycles. The molecule has 13 heavy (non-hydrogen) atoms. The Balaban J connectivity index is 4.07. The van der Waals surface area contributed by atoms with Crippen molar-refractivity contribution >= 4 is 10.2 Å². The second-order valence-electron chi connectivity index (χ2n) is 3.29. The average molecular weight is 210 g/mol. The first-order valence-corrected chi connectivity index (χ1v) is 5.66. The van der Waals surface area contributed by atoms with Gasteiger partial charge in [-0.3, -0.25) is 0 Å². The molecule has 0 fully saturated rings. The fourth-order valence-electron chi connectivity index (χ4n) is 0.643. The van der Waals surface area contributed by atoms with E-state index in [2.05, 4.69) is 4.72 Å². The second kappa shape index (κ2) is 5.54. The maximum absolute atomic E-state index is 11.3. The number of nitrogens with zero attached hydrogens (tertiary/aromatic N) is 1. The standard InChI is InChI=1S/C7H18N2O3S/c1-7(2)6-8-13(11,12)9(3)4-5-10/h7-8,10H,4-6H2,1-3H3. The molecule has 6 heteroatoms. The minimum atomic E-state index is -3.39. The molecule has 0 saturated carbocycles. The van der Waals surface area contributed by atoms with Crippen LogP contribution in [-0.4, -0.2) is 44.6 Å². The lowest BCUT2D eigenvalue weighted by molar-refractivity contribution is 0.265. The minimum absolute atomic E-state index is 0.118. The van der Waals surface area contributed by atoms with Gasteiger partial charge in [-0.1, -0.05) is 13.8 Å². The maximum atomic E-state index is 11.3. The number of nitrogens with one attached hydrogen (secondary N) is 1. The summed E-state index contributed by atoms with van der Waals surface area (Å²) in [6, 6.07) is 0. The summed E-state index contributed by atoms with van der Waals surface area (Å²) in [7, 11) is -1.96. The zero-order chi connectivity index (χ0) is 10.5. The van der Waals surface area contributed by atoms with Gasteiger partial charge in [-0.05, 0) is 5.92 Å². The first-order valence-electron chi connectivity index (χ1n) is 4.22. The molecule has 0 aromatic rings. The van der Waals surface area contributed by atoms with E-state index in [-0.39, 0.29) is 19.1 Å². The smallest absolute Gasteiger partial charge is 0.279 e. The van der Waals surface area contributed by atoms with Crippen molar-refractivity contribution in [3.8, 4) is 0 Å². The summed E-state index contributed by atoms with van der Waals surface area (Å²) >= 11 is 0. The first kappa shape index (κ1) is 12.8. The van der Waals surface area contributed by atoms with Crippen LogP contribution in [0, 0.1) is 5.92 Å². The van der Waals surface area contributed by atoms with Crippen molar-refractivity contribution < 1.29 is 13.5 Å². The summed E-state index contributed by atoms with van der Waals surface area (Å²) in [5.41, 5.74) is 0. The molecular weight excluding hydrogens is 192 g/mol. The highest BCUT2D eigenvalue weighted by atomic mass is 32.2. The van der Waals surface area contributed by atoms with Gasteiger partial charge in [-0.15, -0.1) is 0 Å². The van der Waals surface area contributed by atoms with Crippen LogP contribution in [0.15, 0.2) is 0 Å². The van der Waals surface area contributed by atoms with Gasteiger partial charge in [0.15, 0.2) is 0 Å². The highest BCUT2D eigenvalue weighted by Gasteiger charge is 2.16. The van der Waals surface area contributed by atoms with E-state index in [1.54, 1.807) is 0 Å². The highest BCUT2D eigenvalue weighted by Crippen LogP contribution is 1.95. The molecule has 0 rings (SSSR count). The van der Waals surface area contributed by atoms with E-state index >= 15 is 0 Å². The lowest BCUT2D eigenvalue weighted by Gasteiger charge is -2.17. The Morgan fingerprint density at radius 3 is 2.38 bits per heavy atom. The third-order valence-corrected chi connectivity index (χ3v) is 3.03. The number of aliphatic hydroxyl groups is 1. The zero-order valence-corrected chi connectivity index (χ0v) is 9.13. The Morgan fingerprint density at radius 2 is 2.00 bits per heavy atom. The molecule has 0 unspecified atom stereocenters. The number of rotatable bonds is 6. The number of likely N-dealkylation sites (N-methyl/N-ethyl adjacent to an activating group) is 1. The number of hydrogen-bond donors (Lipinski definition) is 2. The Labute approximate surface area is 79.9 Å². The fourth-order valence-corrected chi connectivity index (χ4v) is 1.73. The van der Waals surface area contributed by atoms with Crippen molar-refractivity contribution in [1.29, 1.82) is 0 Å². The van der Waals surface area contributed by atoms with Crippen molar-refractivity contribution in [3.63, 3.8) is 0 Å². The first-order chi connectivity index (χ1) is 5.90. The van der Waals surface area contributed by atoms with Crippen LogP contribution < -0.4 is 4.72 Å². The molecule has 0 aliphatic carbocycles. The van der Waals surface area contributed by atoms with Crippen LogP contribution in [0.2, 0.25) is 0 Å². The zero-order valence-electron chi connectivity index (χ0n) is 8.32. The van der Waals surface area contributed by atoms with E-state index in [0.29, 0.717) is 6.54 Å². The third-order valence-electron chi connectivity index (χ3n) is 1.50. The van der Waals surface area contributed by atoms with Crippen LogP contribution in [0.1, 0.15) is 13.8 Å². The van der Waals surface area contributed by atoms with E-state index < -0.39 is 10.2 Å². The van der Waals surface area contributed by atoms with E-state index in [9.17, 15) is 8.42 Å². The molecule has 0 aromatic carbocycles. The Kier molecular flexibility index (Phi) is 5.46. The minimum Gasteiger partial charge on any atom is -0.395 e. The lowest BCUT2D eigenvalue weighted by Crippen LogP contribution is -2.40. The predicted molar refractivity (Wildman–Crippen MR) is 51.5 cm³/mol. The van der Waals surface area contributed by atoms with Crippen molar-refractivity contribution in [2.45, 2.75) is 13.8 Å². The van der Waals surface area contributed by atoms with Gasteiger partial charge in [-0.2, -0.15) is 12.7 Å². The van der Waals surface area contributed by atoms with Crippen molar-refractivity contribution in [3.05, 3.63) is 0 Å². The molecular formula is C7H18N2O3S. The molecule has 0 atom stereocenters. The molecule has 0 radical (unpaired) electrons. The topological polar surface area (TPSA) is 69.6 Å². The summed E-state index contributed by atoms with van der Waals surface area (Å²) in [5, 5.41) is 8.54. The largest absolute Gasteiger partial charge is 0.395 e. The van der Waals surface area contributed by atoms with Gasteiger partial charge < -0.3 is 5.11 Å². The van der Waals surface area contributed by atoms with Gasteiger partial charge in [0.1, 0.15) is 0 Å². The van der Waals surface area contributed by atoms with Crippen LogP contribution >= 0.6 is 0 Å². The third kappa shape index (κ3) is 5.20. The van der Waals surface area contributed by atoms with E-state index in [0.717, 1.165) is 4.31 Å². The summed E-state index contributed by atoms with van der Waals surface area (Å²) in [6.07, 6.45) is 0. The molecule has 0 spiro atoms. The van der Waals surface area contributed by atoms with Gasteiger partial charge in [0.25, 0.3) is 10.2 Å². The molecule has 2 N–H and O–H groups in total. The lowest BCUT2D eigenvalue weighted by atomic mass is 10.2. The SMILES string of the molecule is CC(C)CNS(=O)(=O)N(C)CCO. The summed E-state index contributed by atoms with van der Waals surface area (Å²) in [5.74, 6) is 0.275. The van der Waals surface area contributed by atoms with Crippen LogP contribution in [0.3, 0.4) is 0 Å². The van der Waals surface area contributed by atoms with Gasteiger partial charge in [0.05, 0.1) is 6.61 Å². The monoisotopic (exact) mass is 210 g/mol. The van der Waals surface area contributed by atoms with Crippen molar-refractivity contribution in [2.24, 2.45) is 5.92 Å². The van der Waals surface area contributed by atoms with E-state index in [4.69, 9.17) is 5.11 Å². The van der Waals surface area contributed by atoms with E-state index in [1.165, 1.54) is 7.05 Å². The molecule has 5 nitrogen and oxygen atoms in total. The Hall–Kier alpha value is -0.170. The van der Waals surface area contributed by atoms with E-state index in [1.807, 2.05) is 13.8 Å². The Bertz CT molecular complexity index is 226. The molecule has 0 aromatic heterocycles. The average Bonchev–Trinajstić information content (AvgIpc) is 2.01. The molecule has 0 aliphatic rings. The number of hydrogen-bond acceptors (Lipinski definition) is 3.